The van der Waals surface area contributed by atoms with Crippen molar-refractivity contribution in [2.45, 2.75) is 51.6 Å². The molecular formula is C19H25N3O3. The summed E-state index contributed by atoms with van der Waals surface area (Å²) in [7, 11) is 0. The van der Waals surface area contributed by atoms with Crippen LogP contribution in [0.25, 0.3) is 11.0 Å². The van der Waals surface area contributed by atoms with Crippen LogP contribution >= 0.6 is 0 Å². The van der Waals surface area contributed by atoms with Gasteiger partial charge >= 0.3 is 6.03 Å². The monoisotopic (exact) mass is 343 g/mol. The molecule has 3 amide bonds. The number of nitrogens with one attached hydrogen (secondary N) is 2. The molecule has 0 saturated heterocycles. The molecule has 1 heterocycles. The van der Waals surface area contributed by atoms with Gasteiger partial charge in [0.25, 0.3) is 0 Å². The summed E-state index contributed by atoms with van der Waals surface area (Å²) < 4.78 is 5.90. The first-order valence-corrected chi connectivity index (χ1v) is 8.80. The van der Waals surface area contributed by atoms with E-state index in [9.17, 15) is 9.59 Å². The predicted molar refractivity (Wildman–Crippen MR) is 96.0 cm³/mol. The average Bonchev–Trinajstić information content (AvgIpc) is 2.92. The number of para-hydroxylation sites is 1. The summed E-state index contributed by atoms with van der Waals surface area (Å²) >= 11 is 0. The van der Waals surface area contributed by atoms with Crippen LogP contribution in [0.5, 0.6) is 0 Å². The summed E-state index contributed by atoms with van der Waals surface area (Å²) in [6.07, 6.45) is 3.19. The van der Waals surface area contributed by atoms with Crippen molar-refractivity contribution in [3.05, 3.63) is 35.6 Å². The fourth-order valence-electron chi connectivity index (χ4n) is 3.67. The number of rotatable bonds is 4. The Morgan fingerprint density at radius 1 is 1.28 bits per heavy atom. The molecule has 6 nitrogen and oxygen atoms in total. The van der Waals surface area contributed by atoms with Crippen LogP contribution in [0.1, 0.15) is 50.0 Å². The zero-order chi connectivity index (χ0) is 18.0. The molecule has 0 radical (unpaired) electrons. The Kier molecular flexibility index (Phi) is 4.97. The molecule has 2 unspecified atom stereocenters. The summed E-state index contributed by atoms with van der Waals surface area (Å²) in [4.78, 5) is 23.7. The van der Waals surface area contributed by atoms with Gasteiger partial charge in [-0.3, -0.25) is 4.79 Å². The smallest absolute Gasteiger partial charge is 0.315 e. The maximum Gasteiger partial charge on any atom is 0.315 e. The number of primary amides is 1. The SMILES string of the molecule is Cc1c([C@H](C)NC(=O)NC2CCCC(C(N)=O)C2)oc2ccccc12. The van der Waals surface area contributed by atoms with Crippen molar-refractivity contribution in [2.24, 2.45) is 11.7 Å². The third kappa shape index (κ3) is 3.78. The molecule has 3 rings (SSSR count). The maximum atomic E-state index is 12.3. The van der Waals surface area contributed by atoms with E-state index in [0.717, 1.165) is 41.6 Å². The number of hydrogen-bond donors (Lipinski definition) is 3. The van der Waals surface area contributed by atoms with Gasteiger partial charge in [-0.05, 0) is 39.2 Å². The number of carbonyl (C=O) groups is 2. The molecule has 0 aliphatic heterocycles. The largest absolute Gasteiger partial charge is 0.459 e. The molecule has 134 valence electrons. The molecule has 25 heavy (non-hydrogen) atoms. The van der Waals surface area contributed by atoms with Crippen molar-refractivity contribution < 1.29 is 14.0 Å². The van der Waals surface area contributed by atoms with Crippen LogP contribution in [0, 0.1) is 12.8 Å². The molecule has 6 heteroatoms. The van der Waals surface area contributed by atoms with E-state index in [-0.39, 0.29) is 29.9 Å². The fraction of sp³-hybridized carbons (Fsp3) is 0.474. The van der Waals surface area contributed by atoms with Crippen LogP contribution in [0.3, 0.4) is 0 Å². The topological polar surface area (TPSA) is 97.4 Å². The van der Waals surface area contributed by atoms with Crippen LogP contribution in [0.2, 0.25) is 0 Å². The number of furan rings is 1. The summed E-state index contributed by atoms with van der Waals surface area (Å²) in [6, 6.07) is 7.32. The van der Waals surface area contributed by atoms with Gasteiger partial charge in [-0.25, -0.2) is 4.79 Å². The van der Waals surface area contributed by atoms with Crippen LogP contribution in [0.4, 0.5) is 4.79 Å². The van der Waals surface area contributed by atoms with Gasteiger partial charge in [0, 0.05) is 22.9 Å². The highest BCUT2D eigenvalue weighted by Gasteiger charge is 2.27. The van der Waals surface area contributed by atoms with E-state index >= 15 is 0 Å². The minimum absolute atomic E-state index is 0.0183. The van der Waals surface area contributed by atoms with Gasteiger partial charge in [0.2, 0.25) is 5.91 Å². The molecule has 1 aromatic heterocycles. The molecule has 2 aromatic rings. The number of benzene rings is 1. The highest BCUT2D eigenvalue weighted by Crippen LogP contribution is 2.29. The second-order valence-electron chi connectivity index (χ2n) is 6.89. The maximum absolute atomic E-state index is 12.3. The number of hydrogen-bond acceptors (Lipinski definition) is 3. The standard InChI is InChI=1S/C19H25N3O3/c1-11-15-8-3-4-9-16(15)25-17(11)12(2)21-19(24)22-14-7-5-6-13(10-14)18(20)23/h3-4,8-9,12-14H,5-7,10H2,1-2H3,(H2,20,23)(H2,21,22,24)/t12-,13?,14?/m0/s1. The third-order valence-electron chi connectivity index (χ3n) is 5.03. The minimum Gasteiger partial charge on any atom is -0.459 e. The van der Waals surface area contributed by atoms with Crippen molar-refractivity contribution in [3.8, 4) is 0 Å². The van der Waals surface area contributed by atoms with Crippen LogP contribution in [0.15, 0.2) is 28.7 Å². The number of amides is 3. The van der Waals surface area contributed by atoms with E-state index < -0.39 is 0 Å². The molecule has 1 aromatic carbocycles. The summed E-state index contributed by atoms with van der Waals surface area (Å²) in [5.41, 5.74) is 7.25. The predicted octanol–water partition coefficient (Wildman–Crippen LogP) is 3.15. The second-order valence-corrected chi connectivity index (χ2v) is 6.89. The highest BCUT2D eigenvalue weighted by molar-refractivity contribution is 5.82. The third-order valence-corrected chi connectivity index (χ3v) is 5.03. The molecule has 3 atom stereocenters. The van der Waals surface area contributed by atoms with Crippen LogP contribution in [-0.4, -0.2) is 18.0 Å². The van der Waals surface area contributed by atoms with Crippen molar-refractivity contribution in [1.29, 1.82) is 0 Å². The van der Waals surface area contributed by atoms with Gasteiger partial charge in [0.1, 0.15) is 11.3 Å². The molecule has 0 spiro atoms. The zero-order valence-electron chi connectivity index (χ0n) is 14.7. The Morgan fingerprint density at radius 2 is 2.04 bits per heavy atom. The molecule has 1 saturated carbocycles. The Morgan fingerprint density at radius 3 is 2.76 bits per heavy atom. The lowest BCUT2D eigenvalue weighted by atomic mass is 9.85. The van der Waals surface area contributed by atoms with E-state index in [4.69, 9.17) is 10.2 Å². The first-order chi connectivity index (χ1) is 12.0. The fourth-order valence-corrected chi connectivity index (χ4v) is 3.67. The molecule has 1 aliphatic carbocycles. The molecule has 1 fully saturated rings. The van der Waals surface area contributed by atoms with Crippen LogP contribution in [-0.2, 0) is 4.79 Å². The summed E-state index contributed by atoms with van der Waals surface area (Å²) in [6.45, 7) is 3.90. The lowest BCUT2D eigenvalue weighted by molar-refractivity contribution is -0.122. The van der Waals surface area contributed by atoms with E-state index in [1.54, 1.807) is 0 Å². The van der Waals surface area contributed by atoms with E-state index in [1.165, 1.54) is 0 Å². The Hall–Kier alpha value is -2.50. The van der Waals surface area contributed by atoms with Gasteiger partial charge in [0.05, 0.1) is 6.04 Å². The molecule has 0 bridgehead atoms. The van der Waals surface area contributed by atoms with Gasteiger partial charge < -0.3 is 20.8 Å². The Bertz CT molecular complexity index is 783. The molecule has 4 N–H and O–H groups in total. The number of aryl methyl sites for hydroxylation is 1. The number of urea groups is 1. The molecule has 1 aliphatic rings. The van der Waals surface area contributed by atoms with Crippen LogP contribution < -0.4 is 16.4 Å². The zero-order valence-corrected chi connectivity index (χ0v) is 14.7. The van der Waals surface area contributed by atoms with Gasteiger partial charge in [-0.2, -0.15) is 0 Å². The van der Waals surface area contributed by atoms with E-state index in [1.807, 2.05) is 38.1 Å². The van der Waals surface area contributed by atoms with Crippen molar-refractivity contribution in [2.75, 3.05) is 0 Å². The first-order valence-electron chi connectivity index (χ1n) is 8.80. The second kappa shape index (κ2) is 7.17. The molecular weight excluding hydrogens is 318 g/mol. The van der Waals surface area contributed by atoms with Gasteiger partial charge in [0.15, 0.2) is 0 Å². The van der Waals surface area contributed by atoms with Crippen molar-refractivity contribution in [3.63, 3.8) is 0 Å². The highest BCUT2D eigenvalue weighted by atomic mass is 16.3. The average molecular weight is 343 g/mol. The lowest BCUT2D eigenvalue weighted by Gasteiger charge is -2.28. The van der Waals surface area contributed by atoms with E-state index in [0.29, 0.717) is 6.42 Å². The number of carbonyl (C=O) groups excluding carboxylic acids is 2. The number of fused-ring (bicyclic) bond motifs is 1. The summed E-state index contributed by atoms with van der Waals surface area (Å²) in [5, 5.41) is 6.95. The minimum atomic E-state index is -0.279. The first kappa shape index (κ1) is 17.3. The normalized spacial score (nSPS) is 21.7. The summed E-state index contributed by atoms with van der Waals surface area (Å²) in [5.74, 6) is 0.335. The number of nitrogens with two attached hydrogens (primary N) is 1. The lowest BCUT2D eigenvalue weighted by Crippen LogP contribution is -2.46. The van der Waals surface area contributed by atoms with Crippen molar-refractivity contribution in [1.82, 2.24) is 10.6 Å². The Balaban J connectivity index is 1.62. The quantitative estimate of drug-likeness (QED) is 0.795. The van der Waals surface area contributed by atoms with Gasteiger partial charge in [-0.15, -0.1) is 0 Å². The Labute approximate surface area is 147 Å². The van der Waals surface area contributed by atoms with Gasteiger partial charge in [-0.1, -0.05) is 24.6 Å². The van der Waals surface area contributed by atoms with Crippen molar-refractivity contribution >= 4 is 22.9 Å². The van der Waals surface area contributed by atoms with E-state index in [2.05, 4.69) is 10.6 Å².